The van der Waals surface area contributed by atoms with Gasteiger partial charge in [0.05, 0.1) is 18.1 Å². The predicted octanol–water partition coefficient (Wildman–Crippen LogP) is 4.49. The largest absolute Gasteiger partial charge is 0.491 e. The summed E-state index contributed by atoms with van der Waals surface area (Å²) in [5, 5.41) is 30.9. The molecule has 0 aromatic heterocycles. The molecule has 0 amide bonds. The molecule has 0 radical (unpaired) electrons. The van der Waals surface area contributed by atoms with Gasteiger partial charge in [0.1, 0.15) is 18.5 Å². The van der Waals surface area contributed by atoms with Crippen LogP contribution in [0.25, 0.3) is 11.1 Å². The minimum Gasteiger partial charge on any atom is -0.491 e. The molecule has 0 saturated heterocycles. The van der Waals surface area contributed by atoms with Gasteiger partial charge >= 0.3 is 11.9 Å². The van der Waals surface area contributed by atoms with Crippen molar-refractivity contribution in [3.05, 3.63) is 103 Å². The second-order valence-corrected chi connectivity index (χ2v) is 9.14. The number of ether oxygens (including phenoxy) is 2. The van der Waals surface area contributed by atoms with Crippen molar-refractivity contribution < 1.29 is 34.4 Å². The molecule has 4 rings (SSSR count). The molecule has 1 aliphatic rings. The Balaban J connectivity index is 1.52. The molecular formula is C30H30O7. The fourth-order valence-corrected chi connectivity index (χ4v) is 4.70. The molecule has 1 fully saturated rings. The Bertz CT molecular complexity index is 1220. The second-order valence-electron chi connectivity index (χ2n) is 9.14. The smallest absolute Gasteiger partial charge is 0.338 e. The van der Waals surface area contributed by atoms with Crippen molar-refractivity contribution in [2.75, 3.05) is 6.61 Å². The molecule has 1 saturated carbocycles. The third kappa shape index (κ3) is 6.44. The maximum absolute atomic E-state index is 13.2. The van der Waals surface area contributed by atoms with Crippen LogP contribution in [0.1, 0.15) is 29.6 Å². The summed E-state index contributed by atoms with van der Waals surface area (Å²) in [7, 11) is 0. The molecular weight excluding hydrogens is 472 g/mol. The zero-order valence-corrected chi connectivity index (χ0v) is 20.3. The van der Waals surface area contributed by atoms with Gasteiger partial charge in [0.15, 0.2) is 5.60 Å². The lowest BCUT2D eigenvalue weighted by Crippen LogP contribution is -2.48. The number of rotatable bonds is 10. The van der Waals surface area contributed by atoms with Crippen LogP contribution in [0.15, 0.2) is 97.1 Å². The summed E-state index contributed by atoms with van der Waals surface area (Å²) < 4.78 is 11.4. The number of aliphatic hydroxyl groups excluding tert-OH is 2. The predicted molar refractivity (Wildman–Crippen MR) is 138 cm³/mol. The van der Waals surface area contributed by atoms with Crippen LogP contribution in [0.3, 0.4) is 0 Å². The van der Waals surface area contributed by atoms with Crippen molar-refractivity contribution in [1.82, 2.24) is 0 Å². The summed E-state index contributed by atoms with van der Waals surface area (Å²) in [5.41, 5.74) is 0.324. The van der Waals surface area contributed by atoms with Crippen LogP contribution in [0.5, 0.6) is 5.75 Å². The maximum atomic E-state index is 13.2. The van der Waals surface area contributed by atoms with Crippen molar-refractivity contribution in [1.29, 1.82) is 0 Å². The fourth-order valence-electron chi connectivity index (χ4n) is 4.70. The second kappa shape index (κ2) is 11.9. The van der Waals surface area contributed by atoms with Gasteiger partial charge < -0.3 is 24.8 Å². The van der Waals surface area contributed by atoms with Crippen molar-refractivity contribution in [3.63, 3.8) is 0 Å². The van der Waals surface area contributed by atoms with Gasteiger partial charge in [-0.15, -0.1) is 0 Å². The molecule has 0 bridgehead atoms. The number of carbonyl (C=O) groups excluding carboxylic acids is 1. The number of aliphatic hydroxyl groups is 2. The van der Waals surface area contributed by atoms with E-state index in [1.165, 1.54) is 6.08 Å². The Morgan fingerprint density at radius 1 is 0.946 bits per heavy atom. The topological polar surface area (TPSA) is 113 Å². The third-order valence-corrected chi connectivity index (χ3v) is 6.59. The number of esters is 1. The molecule has 1 aliphatic carbocycles. The number of benzene rings is 3. The summed E-state index contributed by atoms with van der Waals surface area (Å²) in [6.07, 6.45) is 1.06. The fraction of sp³-hybridized carbons (Fsp3) is 0.267. The Labute approximate surface area is 215 Å². The van der Waals surface area contributed by atoms with Gasteiger partial charge in [-0.1, -0.05) is 72.8 Å². The number of hydrogen-bond acceptors (Lipinski definition) is 6. The van der Waals surface area contributed by atoms with E-state index in [9.17, 15) is 24.9 Å². The normalized spacial score (nSPS) is 22.0. The van der Waals surface area contributed by atoms with Gasteiger partial charge in [-0.2, -0.15) is 0 Å². The molecule has 7 heteroatoms. The van der Waals surface area contributed by atoms with E-state index < -0.39 is 42.1 Å². The first-order valence-corrected chi connectivity index (χ1v) is 12.2. The molecule has 0 spiro atoms. The zero-order valence-electron chi connectivity index (χ0n) is 20.3. The molecule has 4 unspecified atom stereocenters. The van der Waals surface area contributed by atoms with Gasteiger partial charge in [0.25, 0.3) is 0 Å². The van der Waals surface area contributed by atoms with E-state index in [-0.39, 0.29) is 18.6 Å². The molecule has 3 aromatic rings. The van der Waals surface area contributed by atoms with Crippen molar-refractivity contribution in [2.24, 2.45) is 5.92 Å². The summed E-state index contributed by atoms with van der Waals surface area (Å²) in [5.74, 6) is -1.91. The van der Waals surface area contributed by atoms with E-state index in [1.54, 1.807) is 36.4 Å². The first kappa shape index (κ1) is 26.1. The Hall–Kier alpha value is -3.94. The number of carbonyl (C=O) groups is 2. The lowest BCUT2D eigenvalue weighted by molar-refractivity contribution is -0.150. The van der Waals surface area contributed by atoms with E-state index in [0.29, 0.717) is 12.2 Å². The van der Waals surface area contributed by atoms with Crippen LogP contribution < -0.4 is 4.74 Å². The van der Waals surface area contributed by atoms with Crippen LogP contribution in [0.4, 0.5) is 0 Å². The molecule has 4 atom stereocenters. The zero-order chi connectivity index (χ0) is 26.3. The van der Waals surface area contributed by atoms with E-state index >= 15 is 0 Å². The lowest BCUT2D eigenvalue weighted by atomic mass is 9.85. The summed E-state index contributed by atoms with van der Waals surface area (Å²) in [6.45, 7) is -0.00617. The van der Waals surface area contributed by atoms with Crippen LogP contribution in [-0.2, 0) is 9.53 Å². The number of carboxylic acid groups (broad SMARTS) is 1. The van der Waals surface area contributed by atoms with Gasteiger partial charge in [-0.25, -0.2) is 4.79 Å². The minimum atomic E-state index is -1.66. The van der Waals surface area contributed by atoms with Crippen molar-refractivity contribution in [2.45, 2.75) is 37.1 Å². The monoisotopic (exact) mass is 502 g/mol. The maximum Gasteiger partial charge on any atom is 0.338 e. The molecule has 0 heterocycles. The molecule has 3 N–H and O–H groups in total. The van der Waals surface area contributed by atoms with Crippen molar-refractivity contribution >= 4 is 11.9 Å². The number of hydrogen-bond donors (Lipinski definition) is 3. The highest BCUT2D eigenvalue weighted by molar-refractivity contribution is 5.91. The highest BCUT2D eigenvalue weighted by Gasteiger charge is 2.53. The highest BCUT2D eigenvalue weighted by atomic mass is 16.6. The van der Waals surface area contributed by atoms with Gasteiger partial charge in [0, 0.05) is 5.92 Å². The van der Waals surface area contributed by atoms with Crippen LogP contribution >= 0.6 is 0 Å². The quantitative estimate of drug-likeness (QED) is 0.277. The van der Waals surface area contributed by atoms with Crippen LogP contribution in [0, 0.1) is 5.92 Å². The Kier molecular flexibility index (Phi) is 8.38. The first-order valence-electron chi connectivity index (χ1n) is 12.2. The molecule has 192 valence electrons. The van der Waals surface area contributed by atoms with E-state index in [2.05, 4.69) is 0 Å². The average molecular weight is 503 g/mol. The molecule has 3 aromatic carbocycles. The van der Waals surface area contributed by atoms with Gasteiger partial charge in [-0.05, 0) is 48.2 Å². The Morgan fingerprint density at radius 3 is 2.32 bits per heavy atom. The van der Waals surface area contributed by atoms with E-state index in [1.807, 2.05) is 54.6 Å². The summed E-state index contributed by atoms with van der Waals surface area (Å²) in [6, 6.07) is 25.5. The van der Waals surface area contributed by atoms with Crippen LogP contribution in [0.2, 0.25) is 0 Å². The first-order chi connectivity index (χ1) is 17.9. The SMILES string of the molecule is O=C(O)CC1(OC(=O)c2cccc(-c3ccccc3)c2)C(O)CCC1C=CC(O)COc1ccccc1. The standard InChI is InChI=1S/C30H30O7/c31-25(20-36-26-12-5-2-6-13-26)16-14-24-15-17-27(32)30(24,19-28(33)34)37-29(35)23-11-7-10-22(18-23)21-8-3-1-4-9-21/h1-14,16,18,24-25,27,31-32H,15,17,19-20H2,(H,33,34). The minimum absolute atomic E-state index is 0.00617. The van der Waals surface area contributed by atoms with Crippen molar-refractivity contribution in [3.8, 4) is 16.9 Å². The third-order valence-electron chi connectivity index (χ3n) is 6.59. The van der Waals surface area contributed by atoms with Gasteiger partial charge in [-0.3, -0.25) is 4.79 Å². The van der Waals surface area contributed by atoms with Crippen LogP contribution in [-0.4, -0.2) is 51.7 Å². The summed E-state index contributed by atoms with van der Waals surface area (Å²) >= 11 is 0. The molecule has 7 nitrogen and oxygen atoms in total. The lowest BCUT2D eigenvalue weighted by Gasteiger charge is -2.35. The van der Waals surface area contributed by atoms with Gasteiger partial charge in [0.2, 0.25) is 0 Å². The average Bonchev–Trinajstić information content (AvgIpc) is 3.20. The Morgan fingerprint density at radius 2 is 1.62 bits per heavy atom. The number of para-hydroxylation sites is 1. The number of aliphatic carboxylic acids is 1. The highest BCUT2D eigenvalue weighted by Crippen LogP contribution is 2.43. The summed E-state index contributed by atoms with van der Waals surface area (Å²) in [4.78, 5) is 25.1. The van der Waals surface area contributed by atoms with E-state index in [4.69, 9.17) is 9.47 Å². The molecule has 0 aliphatic heterocycles. The molecule has 37 heavy (non-hydrogen) atoms. The number of carboxylic acids is 1. The van der Waals surface area contributed by atoms with E-state index in [0.717, 1.165) is 11.1 Å².